The van der Waals surface area contributed by atoms with Gasteiger partial charge in [0.2, 0.25) is 6.54 Å². The van der Waals surface area contributed by atoms with Gasteiger partial charge in [0.1, 0.15) is 17.7 Å². The second kappa shape index (κ2) is 11.0. The molecule has 1 heterocycles. The zero-order valence-corrected chi connectivity index (χ0v) is 20.1. The van der Waals surface area contributed by atoms with E-state index in [1.165, 1.54) is 17.3 Å². The van der Waals surface area contributed by atoms with Gasteiger partial charge >= 0.3 is 0 Å². The van der Waals surface area contributed by atoms with Gasteiger partial charge in [0.25, 0.3) is 0 Å². The molecule has 0 saturated carbocycles. The van der Waals surface area contributed by atoms with Crippen molar-refractivity contribution in [1.82, 2.24) is 14.8 Å². The topological polar surface area (TPSA) is 92.3 Å². The highest BCUT2D eigenvalue weighted by molar-refractivity contribution is 7.99. The Kier molecular flexibility index (Phi) is 8.11. The smallest absolute Gasteiger partial charge is 0.220 e. The van der Waals surface area contributed by atoms with Gasteiger partial charge in [0, 0.05) is 10.6 Å². The number of nitrogens with zero attached hydrogens (tertiary/aromatic N) is 4. The molecule has 33 heavy (non-hydrogen) atoms. The van der Waals surface area contributed by atoms with Gasteiger partial charge in [-0.1, -0.05) is 36.5 Å². The Hall–Kier alpha value is -3.33. The molecule has 0 N–H and O–H groups in total. The van der Waals surface area contributed by atoms with E-state index in [-0.39, 0.29) is 11.5 Å². The molecule has 0 aliphatic rings. The lowest BCUT2D eigenvalue weighted by Crippen LogP contribution is -2.12. The number of aromatic nitrogens is 3. The average molecular weight is 469 g/mol. The molecule has 0 unspecified atom stereocenters. The highest BCUT2D eigenvalue weighted by Gasteiger charge is 2.25. The van der Waals surface area contributed by atoms with Crippen LogP contribution in [0.2, 0.25) is 0 Å². The molecule has 1 aromatic heterocycles. The van der Waals surface area contributed by atoms with Crippen LogP contribution in [0.3, 0.4) is 0 Å². The zero-order valence-electron chi connectivity index (χ0n) is 19.3. The summed E-state index contributed by atoms with van der Waals surface area (Å²) in [6.45, 7) is 12.0. The van der Waals surface area contributed by atoms with Crippen LogP contribution in [0, 0.1) is 30.9 Å². The number of benzene rings is 2. The van der Waals surface area contributed by atoms with Gasteiger partial charge in [-0.3, -0.25) is 14.7 Å². The number of thioether (sulfide) groups is 1. The zero-order chi connectivity index (χ0) is 24.0. The second-order valence-corrected chi connectivity index (χ2v) is 8.66. The van der Waals surface area contributed by atoms with E-state index in [0.717, 1.165) is 16.8 Å². The highest BCUT2D eigenvalue weighted by atomic mass is 32.2. The quantitative estimate of drug-likeness (QED) is 0.164. The monoisotopic (exact) mass is 468 g/mol. The van der Waals surface area contributed by atoms with Crippen molar-refractivity contribution in [3.05, 3.63) is 81.7 Å². The molecular formula is C24H28N4O4S. The van der Waals surface area contributed by atoms with E-state index < -0.39 is 5.25 Å². The van der Waals surface area contributed by atoms with Crippen molar-refractivity contribution in [1.29, 1.82) is 0 Å². The van der Waals surface area contributed by atoms with Crippen molar-refractivity contribution in [2.24, 2.45) is 0 Å². The fraction of sp³-hybridized carbons (Fsp3) is 0.333. The van der Waals surface area contributed by atoms with Crippen molar-refractivity contribution >= 4 is 11.8 Å². The standard InChI is InChI=1S/C24H28N4O4S/c1-6-12-32-21-11-9-19(14-22(21)31-7-2)23(15-27(29)30)33-24-26-25-18(5)28(24)20-10-8-16(3)17(4)13-20/h6,8-11,13-14,23H,1,7,12,15H2,2-5H3/t23-/m0/s1. The van der Waals surface area contributed by atoms with Crippen LogP contribution in [0.15, 0.2) is 54.2 Å². The summed E-state index contributed by atoms with van der Waals surface area (Å²) in [5.74, 6) is 1.82. The number of ether oxygens (including phenoxy) is 2. The summed E-state index contributed by atoms with van der Waals surface area (Å²) in [6.07, 6.45) is 1.65. The first-order valence-corrected chi connectivity index (χ1v) is 11.5. The SMILES string of the molecule is C=CCOc1ccc([C@H](C[N+](=O)[O-])Sc2nnc(C)n2-c2ccc(C)c(C)c2)cc1OCC. The minimum Gasteiger partial charge on any atom is -0.490 e. The largest absolute Gasteiger partial charge is 0.490 e. The van der Waals surface area contributed by atoms with Crippen LogP contribution in [0.4, 0.5) is 0 Å². The number of aryl methyl sites for hydroxylation is 3. The van der Waals surface area contributed by atoms with Crippen LogP contribution in [0.5, 0.6) is 11.5 Å². The van der Waals surface area contributed by atoms with Crippen LogP contribution in [0.25, 0.3) is 5.69 Å². The fourth-order valence-corrected chi connectivity index (χ4v) is 4.48. The molecule has 0 aliphatic carbocycles. The van der Waals surface area contributed by atoms with E-state index in [1.807, 2.05) is 43.5 Å². The van der Waals surface area contributed by atoms with E-state index >= 15 is 0 Å². The summed E-state index contributed by atoms with van der Waals surface area (Å²) in [7, 11) is 0. The predicted molar refractivity (Wildman–Crippen MR) is 129 cm³/mol. The van der Waals surface area contributed by atoms with Gasteiger partial charge in [-0.15, -0.1) is 10.2 Å². The van der Waals surface area contributed by atoms with E-state index in [2.05, 4.69) is 29.8 Å². The van der Waals surface area contributed by atoms with E-state index in [1.54, 1.807) is 18.2 Å². The fourth-order valence-electron chi connectivity index (χ4n) is 3.32. The molecule has 0 radical (unpaired) electrons. The Labute approximate surface area is 197 Å². The van der Waals surface area contributed by atoms with E-state index in [9.17, 15) is 10.1 Å². The molecule has 3 aromatic rings. The molecule has 8 nitrogen and oxygen atoms in total. The lowest BCUT2D eigenvalue weighted by Gasteiger charge is -2.17. The Morgan fingerprint density at radius 1 is 1.12 bits per heavy atom. The first kappa shape index (κ1) is 24.3. The van der Waals surface area contributed by atoms with Gasteiger partial charge in [0.15, 0.2) is 16.7 Å². The number of rotatable bonds is 11. The van der Waals surface area contributed by atoms with E-state index in [0.29, 0.717) is 35.7 Å². The summed E-state index contributed by atoms with van der Waals surface area (Å²) >= 11 is 1.31. The molecule has 9 heteroatoms. The maximum atomic E-state index is 11.5. The lowest BCUT2D eigenvalue weighted by atomic mass is 10.1. The van der Waals surface area contributed by atoms with Crippen LogP contribution in [-0.4, -0.2) is 39.4 Å². The third-order valence-electron chi connectivity index (χ3n) is 5.10. The first-order chi connectivity index (χ1) is 15.8. The summed E-state index contributed by atoms with van der Waals surface area (Å²) in [6, 6.07) is 11.5. The summed E-state index contributed by atoms with van der Waals surface area (Å²) in [4.78, 5) is 11.2. The third-order valence-corrected chi connectivity index (χ3v) is 6.28. The molecule has 3 rings (SSSR count). The summed E-state index contributed by atoms with van der Waals surface area (Å²) in [5.41, 5.74) is 4.01. The molecule has 0 bridgehead atoms. The number of nitro groups is 1. The molecular weight excluding hydrogens is 440 g/mol. The Morgan fingerprint density at radius 2 is 1.91 bits per heavy atom. The summed E-state index contributed by atoms with van der Waals surface area (Å²) < 4.78 is 13.3. The first-order valence-electron chi connectivity index (χ1n) is 10.6. The van der Waals surface area contributed by atoms with Gasteiger partial charge < -0.3 is 9.47 Å². The molecule has 0 spiro atoms. The van der Waals surface area contributed by atoms with Crippen molar-refractivity contribution in [2.45, 2.75) is 38.1 Å². The van der Waals surface area contributed by atoms with Crippen LogP contribution >= 0.6 is 11.8 Å². The van der Waals surface area contributed by atoms with E-state index in [4.69, 9.17) is 9.47 Å². The van der Waals surface area contributed by atoms with Crippen molar-refractivity contribution in [3.63, 3.8) is 0 Å². The Bertz CT molecular complexity index is 1150. The molecule has 0 fully saturated rings. The van der Waals surface area contributed by atoms with Crippen LogP contribution < -0.4 is 9.47 Å². The Morgan fingerprint density at radius 3 is 2.58 bits per heavy atom. The highest BCUT2D eigenvalue weighted by Crippen LogP contribution is 2.39. The number of hydrogen-bond donors (Lipinski definition) is 0. The molecule has 0 amide bonds. The minimum atomic E-state index is -0.499. The molecule has 1 atom stereocenters. The Balaban J connectivity index is 1.99. The van der Waals surface area contributed by atoms with Crippen molar-refractivity contribution in [2.75, 3.05) is 19.8 Å². The molecule has 0 saturated heterocycles. The molecule has 0 aliphatic heterocycles. The molecule has 174 valence electrons. The predicted octanol–water partition coefficient (Wildman–Crippen LogP) is 5.27. The van der Waals surface area contributed by atoms with Crippen LogP contribution in [0.1, 0.15) is 34.7 Å². The summed E-state index contributed by atoms with van der Waals surface area (Å²) in [5, 5.41) is 20.2. The minimum absolute atomic E-state index is 0.276. The normalized spacial score (nSPS) is 11.8. The maximum Gasteiger partial charge on any atom is 0.220 e. The van der Waals surface area contributed by atoms with Gasteiger partial charge in [-0.05, 0) is 68.7 Å². The lowest BCUT2D eigenvalue weighted by molar-refractivity contribution is -0.479. The molecule has 2 aromatic carbocycles. The third kappa shape index (κ3) is 5.92. The van der Waals surface area contributed by atoms with Crippen molar-refractivity contribution < 1.29 is 14.4 Å². The van der Waals surface area contributed by atoms with Gasteiger partial charge in [-0.25, -0.2) is 0 Å². The number of hydrogen-bond acceptors (Lipinski definition) is 7. The van der Waals surface area contributed by atoms with Gasteiger partial charge in [-0.2, -0.15) is 0 Å². The second-order valence-electron chi connectivity index (χ2n) is 7.49. The maximum absolute atomic E-state index is 11.5. The van der Waals surface area contributed by atoms with Gasteiger partial charge in [0.05, 0.1) is 6.61 Å². The van der Waals surface area contributed by atoms with Crippen molar-refractivity contribution in [3.8, 4) is 17.2 Å². The van der Waals surface area contributed by atoms with Crippen LogP contribution in [-0.2, 0) is 0 Å². The average Bonchev–Trinajstić information content (AvgIpc) is 3.14.